The molecular weight excluding hydrogens is 275 g/mol. The minimum Gasteiger partial charge on any atom is -0.481 e. The molecule has 1 saturated heterocycles. The van der Waals surface area contributed by atoms with E-state index >= 15 is 0 Å². The van der Waals surface area contributed by atoms with Crippen LogP contribution >= 0.6 is 0 Å². The van der Waals surface area contributed by atoms with Gasteiger partial charge in [0.15, 0.2) is 0 Å². The zero-order valence-corrected chi connectivity index (χ0v) is 11.3. The van der Waals surface area contributed by atoms with E-state index in [-0.39, 0.29) is 11.7 Å². The van der Waals surface area contributed by atoms with Crippen LogP contribution in [0.5, 0.6) is 0 Å². The monoisotopic (exact) mass is 290 g/mol. The molecule has 1 atom stereocenters. The van der Waals surface area contributed by atoms with Gasteiger partial charge in [-0.1, -0.05) is 6.07 Å². The number of benzene rings is 1. The first-order valence-corrected chi connectivity index (χ1v) is 6.77. The van der Waals surface area contributed by atoms with E-state index in [0.717, 1.165) is 12.2 Å². The van der Waals surface area contributed by atoms with E-state index in [1.54, 1.807) is 12.1 Å². The number of carboxylic acids is 1. The molecule has 0 bridgehead atoms. The lowest BCUT2D eigenvalue weighted by molar-refractivity contribution is -0.141. The van der Waals surface area contributed by atoms with Crippen LogP contribution in [0.15, 0.2) is 34.9 Å². The fraction of sp³-hybridized carbons (Fsp3) is 0.333. The Morgan fingerprint density at radius 2 is 2.38 bits per heavy atom. The molecule has 1 aliphatic heterocycles. The molecule has 2 aromatic rings. The second-order valence-electron chi connectivity index (χ2n) is 5.21. The summed E-state index contributed by atoms with van der Waals surface area (Å²) in [6, 6.07) is 6.07. The lowest BCUT2D eigenvalue weighted by Crippen LogP contribution is -2.22. The smallest absolute Gasteiger partial charge is 0.307 e. The van der Waals surface area contributed by atoms with Crippen molar-refractivity contribution in [1.29, 1.82) is 0 Å². The summed E-state index contributed by atoms with van der Waals surface area (Å²) in [5.41, 5.74) is 1.31. The third-order valence-corrected chi connectivity index (χ3v) is 3.63. The Balaban J connectivity index is 1.67. The van der Waals surface area contributed by atoms with Crippen LogP contribution in [0.4, 0.5) is 4.39 Å². The average Bonchev–Trinajstić information content (AvgIpc) is 3.08. The summed E-state index contributed by atoms with van der Waals surface area (Å²) in [7, 11) is 0. The van der Waals surface area contributed by atoms with Gasteiger partial charge < -0.3 is 9.52 Å². The Morgan fingerprint density at radius 3 is 3.10 bits per heavy atom. The van der Waals surface area contributed by atoms with Crippen molar-refractivity contribution in [3.8, 4) is 11.5 Å². The SMILES string of the molecule is O=C(O)C1CCN(Cc2coc(-c3cccc(F)c3)n2)C1. The minimum absolute atomic E-state index is 0.306. The van der Waals surface area contributed by atoms with Crippen molar-refractivity contribution >= 4 is 5.97 Å². The number of aromatic nitrogens is 1. The van der Waals surface area contributed by atoms with Gasteiger partial charge in [0.1, 0.15) is 12.1 Å². The van der Waals surface area contributed by atoms with Crippen LogP contribution in [-0.4, -0.2) is 34.0 Å². The number of nitrogens with zero attached hydrogens (tertiary/aromatic N) is 2. The van der Waals surface area contributed by atoms with Crippen molar-refractivity contribution in [1.82, 2.24) is 9.88 Å². The molecule has 21 heavy (non-hydrogen) atoms. The lowest BCUT2D eigenvalue weighted by Gasteiger charge is -2.12. The molecule has 1 aromatic carbocycles. The van der Waals surface area contributed by atoms with Gasteiger partial charge in [0.25, 0.3) is 0 Å². The number of hydrogen-bond donors (Lipinski definition) is 1. The van der Waals surface area contributed by atoms with Crippen molar-refractivity contribution < 1.29 is 18.7 Å². The molecule has 0 spiro atoms. The fourth-order valence-corrected chi connectivity index (χ4v) is 2.54. The number of halogens is 1. The first-order chi connectivity index (χ1) is 10.1. The highest BCUT2D eigenvalue weighted by atomic mass is 19.1. The number of hydrogen-bond acceptors (Lipinski definition) is 4. The summed E-state index contributed by atoms with van der Waals surface area (Å²) in [6.07, 6.45) is 2.19. The van der Waals surface area contributed by atoms with Crippen molar-refractivity contribution in [2.75, 3.05) is 13.1 Å². The van der Waals surface area contributed by atoms with Gasteiger partial charge in [0.2, 0.25) is 5.89 Å². The van der Waals surface area contributed by atoms with Crippen molar-refractivity contribution in [3.05, 3.63) is 42.0 Å². The molecule has 6 heteroatoms. The largest absolute Gasteiger partial charge is 0.481 e. The topological polar surface area (TPSA) is 66.6 Å². The van der Waals surface area contributed by atoms with E-state index in [4.69, 9.17) is 9.52 Å². The standard InChI is InChI=1S/C15H15FN2O3/c16-12-3-1-2-10(6-12)14-17-13(9-21-14)8-18-5-4-11(7-18)15(19)20/h1-3,6,9,11H,4-5,7-8H2,(H,19,20). The Kier molecular flexibility index (Phi) is 3.70. The number of oxazole rings is 1. The Bertz CT molecular complexity index is 656. The summed E-state index contributed by atoms with van der Waals surface area (Å²) in [6.45, 7) is 1.80. The Labute approximate surface area is 121 Å². The fourth-order valence-electron chi connectivity index (χ4n) is 2.54. The van der Waals surface area contributed by atoms with E-state index in [1.807, 2.05) is 4.90 Å². The van der Waals surface area contributed by atoms with Crippen LogP contribution in [0.2, 0.25) is 0 Å². The number of likely N-dealkylation sites (tertiary alicyclic amines) is 1. The molecule has 2 heterocycles. The molecule has 1 aliphatic rings. The minimum atomic E-state index is -0.752. The number of aliphatic carboxylic acids is 1. The van der Waals surface area contributed by atoms with Crippen molar-refractivity contribution in [3.63, 3.8) is 0 Å². The molecule has 0 radical (unpaired) electrons. The molecule has 0 saturated carbocycles. The summed E-state index contributed by atoms with van der Waals surface area (Å²) < 4.78 is 18.5. The Hall–Kier alpha value is -2.21. The van der Waals surface area contributed by atoms with E-state index < -0.39 is 5.97 Å². The molecule has 1 unspecified atom stereocenters. The molecule has 1 aromatic heterocycles. The van der Waals surface area contributed by atoms with Crippen LogP contribution in [0, 0.1) is 11.7 Å². The van der Waals surface area contributed by atoms with Gasteiger partial charge in [-0.15, -0.1) is 0 Å². The number of carbonyl (C=O) groups is 1. The predicted octanol–water partition coefficient (Wildman–Crippen LogP) is 2.39. The zero-order valence-electron chi connectivity index (χ0n) is 11.3. The quantitative estimate of drug-likeness (QED) is 0.936. The normalized spacial score (nSPS) is 19.0. The maximum Gasteiger partial charge on any atom is 0.307 e. The third-order valence-electron chi connectivity index (χ3n) is 3.63. The van der Waals surface area contributed by atoms with E-state index in [0.29, 0.717) is 31.0 Å². The highest BCUT2D eigenvalue weighted by Gasteiger charge is 2.28. The van der Waals surface area contributed by atoms with E-state index in [2.05, 4.69) is 4.98 Å². The molecule has 110 valence electrons. The van der Waals surface area contributed by atoms with Crippen LogP contribution in [0.25, 0.3) is 11.5 Å². The van der Waals surface area contributed by atoms with Crippen LogP contribution in [0.1, 0.15) is 12.1 Å². The van der Waals surface area contributed by atoms with E-state index in [1.165, 1.54) is 18.4 Å². The molecule has 3 rings (SSSR count). The summed E-state index contributed by atoms with van der Waals surface area (Å²) in [5.74, 6) is -1.02. The highest BCUT2D eigenvalue weighted by molar-refractivity contribution is 5.70. The molecule has 5 nitrogen and oxygen atoms in total. The maximum atomic E-state index is 13.2. The summed E-state index contributed by atoms with van der Waals surface area (Å²) in [4.78, 5) is 17.3. The second kappa shape index (κ2) is 5.65. The molecule has 1 N–H and O–H groups in total. The lowest BCUT2D eigenvalue weighted by atomic mass is 10.1. The Morgan fingerprint density at radius 1 is 1.52 bits per heavy atom. The van der Waals surface area contributed by atoms with Crippen LogP contribution < -0.4 is 0 Å². The van der Waals surface area contributed by atoms with Gasteiger partial charge in [-0.25, -0.2) is 9.37 Å². The maximum absolute atomic E-state index is 13.2. The van der Waals surface area contributed by atoms with Gasteiger partial charge in [0.05, 0.1) is 11.6 Å². The van der Waals surface area contributed by atoms with E-state index in [9.17, 15) is 9.18 Å². The molecule has 0 amide bonds. The third kappa shape index (κ3) is 3.11. The predicted molar refractivity (Wildman–Crippen MR) is 72.9 cm³/mol. The first-order valence-electron chi connectivity index (χ1n) is 6.77. The van der Waals surface area contributed by atoms with Gasteiger partial charge in [-0.05, 0) is 31.2 Å². The van der Waals surface area contributed by atoms with Crippen LogP contribution in [0.3, 0.4) is 0 Å². The van der Waals surface area contributed by atoms with Crippen LogP contribution in [-0.2, 0) is 11.3 Å². The van der Waals surface area contributed by atoms with Gasteiger partial charge >= 0.3 is 5.97 Å². The zero-order chi connectivity index (χ0) is 14.8. The average molecular weight is 290 g/mol. The summed E-state index contributed by atoms with van der Waals surface area (Å²) in [5, 5.41) is 8.98. The van der Waals surface area contributed by atoms with Crippen molar-refractivity contribution in [2.45, 2.75) is 13.0 Å². The second-order valence-corrected chi connectivity index (χ2v) is 5.21. The first kappa shape index (κ1) is 13.8. The number of rotatable bonds is 4. The van der Waals surface area contributed by atoms with Gasteiger partial charge in [0, 0.05) is 18.7 Å². The number of carboxylic acid groups (broad SMARTS) is 1. The molecular formula is C15H15FN2O3. The van der Waals surface area contributed by atoms with Crippen molar-refractivity contribution in [2.24, 2.45) is 5.92 Å². The molecule has 0 aliphatic carbocycles. The highest BCUT2D eigenvalue weighted by Crippen LogP contribution is 2.22. The molecule has 1 fully saturated rings. The van der Waals surface area contributed by atoms with Gasteiger partial charge in [-0.2, -0.15) is 0 Å². The van der Waals surface area contributed by atoms with Gasteiger partial charge in [-0.3, -0.25) is 9.69 Å². The summed E-state index contributed by atoms with van der Waals surface area (Å²) >= 11 is 0.